The molecule has 3 atom stereocenters. The van der Waals surface area contributed by atoms with Gasteiger partial charge in [0.2, 0.25) is 0 Å². The van der Waals surface area contributed by atoms with Gasteiger partial charge in [-0.1, -0.05) is 12.5 Å². The molecule has 2 aliphatic carbocycles. The van der Waals surface area contributed by atoms with Crippen molar-refractivity contribution in [2.24, 2.45) is 11.8 Å². The highest BCUT2D eigenvalue weighted by Gasteiger charge is 2.42. The van der Waals surface area contributed by atoms with Gasteiger partial charge in [-0.25, -0.2) is 4.39 Å². The molecule has 1 aromatic rings. The summed E-state index contributed by atoms with van der Waals surface area (Å²) in [6.45, 7) is 2.39. The van der Waals surface area contributed by atoms with Crippen molar-refractivity contribution in [1.29, 1.82) is 0 Å². The number of hydrogen-bond acceptors (Lipinski definition) is 2. The molecule has 22 heavy (non-hydrogen) atoms. The molecule has 0 N–H and O–H groups in total. The first kappa shape index (κ1) is 14.5. The fourth-order valence-corrected chi connectivity index (χ4v) is 5.22. The minimum atomic E-state index is -0.208. The highest BCUT2D eigenvalue weighted by Crippen LogP contribution is 2.47. The van der Waals surface area contributed by atoms with Crippen LogP contribution in [0.25, 0.3) is 0 Å². The van der Waals surface area contributed by atoms with Crippen LogP contribution in [0.1, 0.15) is 50.0 Å². The zero-order valence-corrected chi connectivity index (χ0v) is 13.4. The van der Waals surface area contributed by atoms with Crippen LogP contribution in [0.15, 0.2) is 18.2 Å². The Morgan fingerprint density at radius 2 is 1.91 bits per heavy atom. The minimum absolute atomic E-state index is 0.208. The van der Waals surface area contributed by atoms with Gasteiger partial charge in [0.25, 0.3) is 0 Å². The molecule has 1 aliphatic heterocycles. The lowest BCUT2D eigenvalue weighted by molar-refractivity contribution is 0.110. The topological polar surface area (TPSA) is 12.5 Å². The lowest BCUT2D eigenvalue weighted by Crippen LogP contribution is -2.43. The van der Waals surface area contributed by atoms with Gasteiger partial charge in [0.1, 0.15) is 11.6 Å². The van der Waals surface area contributed by atoms with Gasteiger partial charge >= 0.3 is 0 Å². The average molecular weight is 303 g/mol. The van der Waals surface area contributed by atoms with Crippen LogP contribution in [0.5, 0.6) is 5.75 Å². The molecule has 1 aromatic carbocycles. The Balaban J connectivity index is 1.42. The molecule has 2 saturated carbocycles. The third-order valence-corrected chi connectivity index (χ3v) is 6.33. The maximum absolute atomic E-state index is 13.4. The zero-order chi connectivity index (χ0) is 15.1. The van der Waals surface area contributed by atoms with Gasteiger partial charge < -0.3 is 9.64 Å². The summed E-state index contributed by atoms with van der Waals surface area (Å²) in [4.78, 5) is 2.75. The van der Waals surface area contributed by atoms with Crippen molar-refractivity contribution in [3.05, 3.63) is 29.6 Å². The standard InChI is InChI=1S/C19H26FNO/c1-22-19-12-16(20)4-5-17(19)14-6-8-21(9-7-14)18-11-13-2-3-15(18)10-13/h4-5,12-15,18H,2-3,6-11H2,1H3/t13-,15-,18+/m0/s1. The molecule has 4 rings (SSSR count). The van der Waals surface area contributed by atoms with Crippen LogP contribution in [0.2, 0.25) is 0 Å². The van der Waals surface area contributed by atoms with E-state index in [0.29, 0.717) is 5.92 Å². The van der Waals surface area contributed by atoms with E-state index in [1.54, 1.807) is 13.2 Å². The number of hydrogen-bond donors (Lipinski definition) is 0. The van der Waals surface area contributed by atoms with Crippen molar-refractivity contribution in [3.8, 4) is 5.75 Å². The molecule has 2 bridgehead atoms. The molecule has 3 heteroatoms. The molecule has 2 nitrogen and oxygen atoms in total. The highest BCUT2D eigenvalue weighted by molar-refractivity contribution is 5.37. The molecule has 3 fully saturated rings. The predicted octanol–water partition coefficient (Wildman–Crippen LogP) is 4.20. The summed E-state index contributed by atoms with van der Waals surface area (Å²) in [5.41, 5.74) is 1.19. The summed E-state index contributed by atoms with van der Waals surface area (Å²) < 4.78 is 18.8. The average Bonchev–Trinajstić information content (AvgIpc) is 3.18. The quantitative estimate of drug-likeness (QED) is 0.829. The molecule has 1 heterocycles. The Bertz CT molecular complexity index is 538. The van der Waals surface area contributed by atoms with E-state index in [1.807, 2.05) is 6.07 Å². The van der Waals surface area contributed by atoms with E-state index in [-0.39, 0.29) is 5.82 Å². The fourth-order valence-electron chi connectivity index (χ4n) is 5.22. The Labute approximate surface area is 132 Å². The van der Waals surface area contributed by atoms with Gasteiger partial charge in [-0.3, -0.25) is 0 Å². The van der Waals surface area contributed by atoms with Crippen molar-refractivity contribution in [2.75, 3.05) is 20.2 Å². The van der Waals surface area contributed by atoms with Crippen molar-refractivity contribution >= 4 is 0 Å². The number of rotatable bonds is 3. The molecule has 1 saturated heterocycles. The van der Waals surface area contributed by atoms with Crippen molar-refractivity contribution in [3.63, 3.8) is 0 Å². The van der Waals surface area contributed by atoms with Crippen LogP contribution in [0.4, 0.5) is 4.39 Å². The highest BCUT2D eigenvalue weighted by atomic mass is 19.1. The summed E-state index contributed by atoms with van der Waals surface area (Å²) >= 11 is 0. The van der Waals surface area contributed by atoms with E-state index in [2.05, 4.69) is 4.90 Å². The van der Waals surface area contributed by atoms with E-state index in [1.165, 1.54) is 63.2 Å². The van der Waals surface area contributed by atoms with E-state index in [0.717, 1.165) is 23.6 Å². The number of piperidine rings is 1. The maximum Gasteiger partial charge on any atom is 0.126 e. The number of benzene rings is 1. The second kappa shape index (κ2) is 5.84. The van der Waals surface area contributed by atoms with Gasteiger partial charge in [-0.05, 0) is 74.6 Å². The van der Waals surface area contributed by atoms with Crippen LogP contribution < -0.4 is 4.74 Å². The molecule has 0 radical (unpaired) electrons. The fraction of sp³-hybridized carbons (Fsp3) is 0.684. The van der Waals surface area contributed by atoms with Gasteiger partial charge in [-0.15, -0.1) is 0 Å². The monoisotopic (exact) mass is 303 g/mol. The third-order valence-electron chi connectivity index (χ3n) is 6.33. The number of fused-ring (bicyclic) bond motifs is 2. The lowest BCUT2D eigenvalue weighted by Gasteiger charge is -2.40. The Kier molecular flexibility index (Phi) is 3.85. The first-order valence-electron chi connectivity index (χ1n) is 8.82. The molecule has 3 aliphatic rings. The van der Waals surface area contributed by atoms with Crippen LogP contribution in [0.3, 0.4) is 0 Å². The minimum Gasteiger partial charge on any atom is -0.496 e. The molecule has 0 aromatic heterocycles. The summed E-state index contributed by atoms with van der Waals surface area (Å²) in [6, 6.07) is 5.87. The first-order chi connectivity index (χ1) is 10.7. The summed E-state index contributed by atoms with van der Waals surface area (Å²) in [6.07, 6.45) is 8.21. The van der Waals surface area contributed by atoms with E-state index in [4.69, 9.17) is 4.74 Å². The summed E-state index contributed by atoms with van der Waals surface area (Å²) in [7, 11) is 1.64. The van der Waals surface area contributed by atoms with Crippen LogP contribution in [-0.2, 0) is 0 Å². The van der Waals surface area contributed by atoms with Gasteiger partial charge in [0.15, 0.2) is 0 Å². The zero-order valence-electron chi connectivity index (χ0n) is 13.4. The normalized spacial score (nSPS) is 32.5. The van der Waals surface area contributed by atoms with Crippen LogP contribution >= 0.6 is 0 Å². The van der Waals surface area contributed by atoms with Crippen LogP contribution in [0, 0.1) is 17.7 Å². The predicted molar refractivity (Wildman–Crippen MR) is 85.7 cm³/mol. The van der Waals surface area contributed by atoms with Gasteiger partial charge in [0.05, 0.1) is 7.11 Å². The second-order valence-corrected chi connectivity index (χ2v) is 7.44. The largest absolute Gasteiger partial charge is 0.496 e. The number of halogens is 1. The van der Waals surface area contributed by atoms with Crippen molar-refractivity contribution < 1.29 is 9.13 Å². The number of nitrogens with zero attached hydrogens (tertiary/aromatic N) is 1. The molecular formula is C19H26FNO. The van der Waals surface area contributed by atoms with Crippen LogP contribution in [-0.4, -0.2) is 31.1 Å². The van der Waals surface area contributed by atoms with E-state index < -0.39 is 0 Å². The Morgan fingerprint density at radius 1 is 1.09 bits per heavy atom. The molecule has 120 valence electrons. The van der Waals surface area contributed by atoms with Crippen molar-refractivity contribution in [2.45, 2.75) is 50.5 Å². The molecular weight excluding hydrogens is 277 g/mol. The van der Waals surface area contributed by atoms with Gasteiger partial charge in [-0.2, -0.15) is 0 Å². The van der Waals surface area contributed by atoms with Crippen molar-refractivity contribution in [1.82, 2.24) is 4.90 Å². The molecule has 0 unspecified atom stereocenters. The molecule has 0 amide bonds. The Morgan fingerprint density at radius 3 is 2.55 bits per heavy atom. The SMILES string of the molecule is COc1cc(F)ccc1C1CCN([C@@H]2C[C@H]3CC[C@H]2C3)CC1. The van der Waals surface area contributed by atoms with E-state index in [9.17, 15) is 4.39 Å². The second-order valence-electron chi connectivity index (χ2n) is 7.44. The van der Waals surface area contributed by atoms with Gasteiger partial charge in [0, 0.05) is 12.1 Å². The smallest absolute Gasteiger partial charge is 0.126 e. The number of methoxy groups -OCH3 is 1. The first-order valence-corrected chi connectivity index (χ1v) is 8.82. The lowest BCUT2D eigenvalue weighted by atomic mass is 9.86. The Hall–Kier alpha value is -1.09. The van der Waals surface area contributed by atoms with E-state index >= 15 is 0 Å². The summed E-state index contributed by atoms with van der Waals surface area (Å²) in [5, 5.41) is 0. The third kappa shape index (κ3) is 2.54. The summed E-state index contributed by atoms with van der Waals surface area (Å²) in [5.74, 6) is 3.02. The maximum atomic E-state index is 13.4. The number of ether oxygens (including phenoxy) is 1. The molecule has 0 spiro atoms. The number of likely N-dealkylation sites (tertiary alicyclic amines) is 1.